The summed E-state index contributed by atoms with van der Waals surface area (Å²) in [5, 5.41) is 2.78. The van der Waals surface area contributed by atoms with Crippen molar-refractivity contribution >= 4 is 15.9 Å². The van der Waals surface area contributed by atoms with E-state index in [0.717, 1.165) is 16.3 Å². The summed E-state index contributed by atoms with van der Waals surface area (Å²) in [5.41, 5.74) is 1.54. The van der Waals surface area contributed by atoms with Crippen molar-refractivity contribution in [2.24, 2.45) is 0 Å². The quantitative estimate of drug-likeness (QED) is 0.750. The molecule has 0 aliphatic rings. The standard InChI is InChI=1S/C20H25FN2O3S/c1-4-16(3)22-20(24)14-23(13-17-7-9-18(21)10-8-17)27(25,26)19-11-5-15(2)6-12-19/h5-12,16H,4,13-14H2,1-3H3,(H,22,24)/t16-/m1/s1. The molecule has 1 N–H and O–H groups in total. The number of rotatable bonds is 8. The molecular formula is C20H25FN2O3S. The van der Waals surface area contributed by atoms with E-state index in [1.54, 1.807) is 12.1 Å². The van der Waals surface area contributed by atoms with E-state index in [-0.39, 0.29) is 29.9 Å². The van der Waals surface area contributed by atoms with Crippen LogP contribution in [0.5, 0.6) is 0 Å². The highest BCUT2D eigenvalue weighted by Gasteiger charge is 2.27. The van der Waals surface area contributed by atoms with Gasteiger partial charge < -0.3 is 5.32 Å². The summed E-state index contributed by atoms with van der Waals surface area (Å²) >= 11 is 0. The van der Waals surface area contributed by atoms with Crippen LogP contribution < -0.4 is 5.32 Å². The van der Waals surface area contributed by atoms with Crippen LogP contribution in [0, 0.1) is 12.7 Å². The van der Waals surface area contributed by atoms with Crippen LogP contribution in [0.25, 0.3) is 0 Å². The van der Waals surface area contributed by atoms with Crippen molar-refractivity contribution in [2.45, 2.75) is 44.7 Å². The maximum absolute atomic E-state index is 13.2. The maximum atomic E-state index is 13.2. The van der Waals surface area contributed by atoms with Crippen LogP contribution in [0.4, 0.5) is 4.39 Å². The Hall–Kier alpha value is -2.25. The Morgan fingerprint density at radius 3 is 2.26 bits per heavy atom. The molecule has 0 fully saturated rings. The molecule has 7 heteroatoms. The summed E-state index contributed by atoms with van der Waals surface area (Å²) < 4.78 is 40.4. The lowest BCUT2D eigenvalue weighted by Gasteiger charge is -2.23. The topological polar surface area (TPSA) is 66.5 Å². The molecule has 0 aliphatic carbocycles. The minimum Gasteiger partial charge on any atom is -0.353 e. The molecule has 2 aromatic carbocycles. The van der Waals surface area contributed by atoms with E-state index < -0.39 is 15.8 Å². The molecule has 146 valence electrons. The number of hydrogen-bond acceptors (Lipinski definition) is 3. The first kappa shape index (κ1) is 21.1. The number of amides is 1. The highest BCUT2D eigenvalue weighted by molar-refractivity contribution is 7.89. The smallest absolute Gasteiger partial charge is 0.243 e. The van der Waals surface area contributed by atoms with Gasteiger partial charge in [-0.15, -0.1) is 0 Å². The van der Waals surface area contributed by atoms with Gasteiger partial charge in [-0.25, -0.2) is 12.8 Å². The van der Waals surface area contributed by atoms with E-state index in [1.807, 2.05) is 20.8 Å². The molecule has 2 aromatic rings. The Morgan fingerprint density at radius 1 is 1.11 bits per heavy atom. The summed E-state index contributed by atoms with van der Waals surface area (Å²) in [7, 11) is -3.88. The summed E-state index contributed by atoms with van der Waals surface area (Å²) in [6.45, 7) is 5.33. The van der Waals surface area contributed by atoms with Crippen LogP contribution in [0.3, 0.4) is 0 Å². The van der Waals surface area contributed by atoms with Gasteiger partial charge in [0.1, 0.15) is 5.82 Å². The average molecular weight is 392 g/mol. The second-order valence-electron chi connectivity index (χ2n) is 6.59. The second-order valence-corrected chi connectivity index (χ2v) is 8.53. The van der Waals surface area contributed by atoms with Crippen LogP contribution >= 0.6 is 0 Å². The van der Waals surface area contributed by atoms with Crippen molar-refractivity contribution in [3.63, 3.8) is 0 Å². The van der Waals surface area contributed by atoms with Crippen LogP contribution in [-0.2, 0) is 21.4 Å². The molecule has 0 heterocycles. The molecule has 0 bridgehead atoms. The molecule has 0 aliphatic heterocycles. The predicted molar refractivity (Wildman–Crippen MR) is 103 cm³/mol. The minimum atomic E-state index is -3.88. The Labute approximate surface area is 160 Å². The molecule has 0 saturated carbocycles. The van der Waals surface area contributed by atoms with Gasteiger partial charge in [-0.2, -0.15) is 4.31 Å². The summed E-state index contributed by atoms with van der Waals surface area (Å²) in [5.74, 6) is -0.775. The monoisotopic (exact) mass is 392 g/mol. The fraction of sp³-hybridized carbons (Fsp3) is 0.350. The molecule has 0 saturated heterocycles. The summed E-state index contributed by atoms with van der Waals surface area (Å²) in [6, 6.07) is 12.0. The number of hydrogen-bond donors (Lipinski definition) is 1. The van der Waals surface area contributed by atoms with Gasteiger partial charge in [-0.3, -0.25) is 4.79 Å². The van der Waals surface area contributed by atoms with E-state index in [0.29, 0.717) is 5.56 Å². The first-order valence-electron chi connectivity index (χ1n) is 8.83. The van der Waals surface area contributed by atoms with Crippen molar-refractivity contribution in [3.8, 4) is 0 Å². The van der Waals surface area contributed by atoms with Gasteiger partial charge in [0.15, 0.2) is 0 Å². The van der Waals surface area contributed by atoms with Gasteiger partial charge in [-0.1, -0.05) is 36.8 Å². The number of halogens is 1. The van der Waals surface area contributed by atoms with Gasteiger partial charge in [0.05, 0.1) is 11.4 Å². The molecule has 1 amide bonds. The lowest BCUT2D eigenvalue weighted by atomic mass is 10.2. The molecule has 0 aromatic heterocycles. The fourth-order valence-corrected chi connectivity index (χ4v) is 3.85. The number of nitrogens with zero attached hydrogens (tertiary/aromatic N) is 1. The number of benzene rings is 2. The first-order valence-corrected chi connectivity index (χ1v) is 10.3. The highest BCUT2D eigenvalue weighted by atomic mass is 32.2. The molecule has 0 unspecified atom stereocenters. The normalized spacial score (nSPS) is 12.8. The van der Waals surface area contributed by atoms with E-state index in [9.17, 15) is 17.6 Å². The highest BCUT2D eigenvalue weighted by Crippen LogP contribution is 2.19. The summed E-state index contributed by atoms with van der Waals surface area (Å²) in [4.78, 5) is 12.4. The SMILES string of the molecule is CC[C@@H](C)NC(=O)CN(Cc1ccc(F)cc1)S(=O)(=O)c1ccc(C)cc1. The van der Waals surface area contributed by atoms with Crippen molar-refractivity contribution in [1.29, 1.82) is 0 Å². The number of carbonyl (C=O) groups excluding carboxylic acids is 1. The third-order valence-corrected chi connectivity index (χ3v) is 6.08. The van der Waals surface area contributed by atoms with E-state index in [1.165, 1.54) is 36.4 Å². The maximum Gasteiger partial charge on any atom is 0.243 e. The fourth-order valence-electron chi connectivity index (χ4n) is 2.46. The lowest BCUT2D eigenvalue weighted by molar-refractivity contribution is -0.122. The number of nitrogens with one attached hydrogen (secondary N) is 1. The summed E-state index contributed by atoms with van der Waals surface area (Å²) in [6.07, 6.45) is 0.744. The van der Waals surface area contributed by atoms with Crippen molar-refractivity contribution in [3.05, 3.63) is 65.5 Å². The molecule has 1 atom stereocenters. The van der Waals surface area contributed by atoms with Crippen LogP contribution in [0.2, 0.25) is 0 Å². The third-order valence-electron chi connectivity index (χ3n) is 4.27. The number of aryl methyl sites for hydroxylation is 1. The largest absolute Gasteiger partial charge is 0.353 e. The number of sulfonamides is 1. The molecule has 0 spiro atoms. The van der Waals surface area contributed by atoms with Crippen LogP contribution in [0.1, 0.15) is 31.4 Å². The second kappa shape index (κ2) is 9.10. The zero-order chi connectivity index (χ0) is 20.0. The van der Waals surface area contributed by atoms with E-state index in [2.05, 4.69) is 5.32 Å². The zero-order valence-electron chi connectivity index (χ0n) is 15.8. The van der Waals surface area contributed by atoms with E-state index >= 15 is 0 Å². The lowest BCUT2D eigenvalue weighted by Crippen LogP contribution is -2.43. The first-order chi connectivity index (χ1) is 12.7. The molecule has 2 rings (SSSR count). The third kappa shape index (κ3) is 5.87. The molecule has 5 nitrogen and oxygen atoms in total. The van der Waals surface area contributed by atoms with Crippen molar-refractivity contribution < 1.29 is 17.6 Å². The van der Waals surface area contributed by atoms with Gasteiger partial charge in [0, 0.05) is 12.6 Å². The Bertz CT molecular complexity index is 865. The van der Waals surface area contributed by atoms with Crippen LogP contribution in [0.15, 0.2) is 53.4 Å². The van der Waals surface area contributed by atoms with Crippen molar-refractivity contribution in [1.82, 2.24) is 9.62 Å². The van der Waals surface area contributed by atoms with Gasteiger partial charge in [0.2, 0.25) is 15.9 Å². The Kier molecular flexibility index (Phi) is 7.10. The van der Waals surface area contributed by atoms with Gasteiger partial charge >= 0.3 is 0 Å². The van der Waals surface area contributed by atoms with Gasteiger partial charge in [0.25, 0.3) is 0 Å². The number of carbonyl (C=O) groups is 1. The molecule has 0 radical (unpaired) electrons. The minimum absolute atomic E-state index is 0.0234. The van der Waals surface area contributed by atoms with E-state index in [4.69, 9.17) is 0 Å². The Balaban J connectivity index is 2.31. The Morgan fingerprint density at radius 2 is 1.70 bits per heavy atom. The van der Waals surface area contributed by atoms with Crippen molar-refractivity contribution in [2.75, 3.05) is 6.54 Å². The predicted octanol–water partition coefficient (Wildman–Crippen LogP) is 3.24. The average Bonchev–Trinajstić information content (AvgIpc) is 2.63. The zero-order valence-corrected chi connectivity index (χ0v) is 16.6. The van der Waals surface area contributed by atoms with Gasteiger partial charge in [-0.05, 0) is 50.1 Å². The molecular weight excluding hydrogens is 367 g/mol. The van der Waals surface area contributed by atoms with Crippen LogP contribution in [-0.4, -0.2) is 31.2 Å². The molecule has 27 heavy (non-hydrogen) atoms.